The lowest BCUT2D eigenvalue weighted by atomic mass is 10.0. The second-order valence-electron chi connectivity index (χ2n) is 4.08. The van der Waals surface area contributed by atoms with Crippen LogP contribution >= 0.6 is 11.6 Å². The number of carbonyl (C=O) groups excluding carboxylic acids is 1. The van der Waals surface area contributed by atoms with Crippen LogP contribution in [0.5, 0.6) is 0 Å². The van der Waals surface area contributed by atoms with Gasteiger partial charge in [-0.15, -0.1) is 0 Å². The van der Waals surface area contributed by atoms with Gasteiger partial charge < -0.3 is 11.1 Å². The van der Waals surface area contributed by atoms with Gasteiger partial charge in [-0.25, -0.2) is 4.98 Å². The summed E-state index contributed by atoms with van der Waals surface area (Å²) in [5.74, 6) is 0.325. The summed E-state index contributed by atoms with van der Waals surface area (Å²) in [5, 5.41) is 3.17. The normalized spacial score (nSPS) is 11.2. The van der Waals surface area contributed by atoms with E-state index in [-0.39, 0.29) is 12.3 Å². The molecule has 5 heteroatoms. The number of nitrogens with one attached hydrogen (secondary N) is 1. The van der Waals surface area contributed by atoms with Crippen molar-refractivity contribution < 1.29 is 4.79 Å². The second-order valence-corrected chi connectivity index (χ2v) is 4.51. The fraction of sp³-hybridized carbons (Fsp3) is 0.400. The Kier molecular flexibility index (Phi) is 3.66. The van der Waals surface area contributed by atoms with Crippen LogP contribution in [0.15, 0.2) is 18.3 Å². The fourth-order valence-corrected chi connectivity index (χ4v) is 1.16. The predicted octanol–water partition coefficient (Wildman–Crippen LogP) is 1.80. The minimum atomic E-state index is -0.517. The monoisotopic (exact) mass is 227 g/mol. The number of pyridine rings is 1. The summed E-state index contributed by atoms with van der Waals surface area (Å²) in [6, 6.07) is 3.31. The van der Waals surface area contributed by atoms with Gasteiger partial charge in [0.1, 0.15) is 5.82 Å². The third-order valence-electron chi connectivity index (χ3n) is 1.61. The lowest BCUT2D eigenvalue weighted by Gasteiger charge is -2.17. The Balaban J connectivity index is 2.55. The highest BCUT2D eigenvalue weighted by Crippen LogP contribution is 2.11. The summed E-state index contributed by atoms with van der Waals surface area (Å²) in [6.45, 7) is 3.59. The van der Waals surface area contributed by atoms with Crippen LogP contribution in [0.1, 0.15) is 20.3 Å². The zero-order valence-electron chi connectivity index (χ0n) is 8.75. The summed E-state index contributed by atoms with van der Waals surface area (Å²) in [4.78, 5) is 15.4. The van der Waals surface area contributed by atoms with E-state index in [0.717, 1.165) is 0 Å². The van der Waals surface area contributed by atoms with Gasteiger partial charge >= 0.3 is 0 Å². The molecule has 0 radical (unpaired) electrons. The second kappa shape index (κ2) is 4.59. The molecule has 0 unspecified atom stereocenters. The summed E-state index contributed by atoms with van der Waals surface area (Å²) < 4.78 is 0. The maximum Gasteiger partial charge on any atom is 0.227 e. The molecule has 3 N–H and O–H groups in total. The summed E-state index contributed by atoms with van der Waals surface area (Å²) >= 11 is 5.66. The molecule has 0 spiro atoms. The van der Waals surface area contributed by atoms with Crippen molar-refractivity contribution in [2.24, 2.45) is 5.73 Å². The molecule has 82 valence electrons. The molecule has 0 atom stereocenters. The van der Waals surface area contributed by atoms with Crippen molar-refractivity contribution in [3.63, 3.8) is 0 Å². The third kappa shape index (κ3) is 4.76. The topological polar surface area (TPSA) is 68.0 Å². The van der Waals surface area contributed by atoms with E-state index in [9.17, 15) is 4.79 Å². The van der Waals surface area contributed by atoms with Crippen LogP contribution in [0.4, 0.5) is 5.82 Å². The van der Waals surface area contributed by atoms with Gasteiger partial charge in [0.25, 0.3) is 0 Å². The van der Waals surface area contributed by atoms with Crippen molar-refractivity contribution in [1.29, 1.82) is 0 Å². The number of hydrogen-bond acceptors (Lipinski definition) is 3. The van der Waals surface area contributed by atoms with Crippen LogP contribution in [0.2, 0.25) is 5.02 Å². The zero-order valence-corrected chi connectivity index (χ0v) is 9.51. The first-order valence-electron chi connectivity index (χ1n) is 4.57. The molecule has 0 bridgehead atoms. The van der Waals surface area contributed by atoms with Crippen LogP contribution in [0.3, 0.4) is 0 Å². The molecule has 1 aromatic heterocycles. The van der Waals surface area contributed by atoms with Gasteiger partial charge in [0, 0.05) is 18.2 Å². The summed E-state index contributed by atoms with van der Waals surface area (Å²) in [7, 11) is 0. The SMILES string of the molecule is CC(C)(N)CC(=O)Nc1ccc(Cl)cn1. The van der Waals surface area contributed by atoms with E-state index >= 15 is 0 Å². The fourth-order valence-electron chi connectivity index (χ4n) is 1.05. The first-order valence-corrected chi connectivity index (χ1v) is 4.95. The molecular formula is C10H14ClN3O. The maximum absolute atomic E-state index is 11.4. The molecule has 1 amide bonds. The number of rotatable bonds is 3. The van der Waals surface area contributed by atoms with Gasteiger partial charge in [0.15, 0.2) is 0 Å². The molecule has 0 saturated carbocycles. The summed E-state index contributed by atoms with van der Waals surface area (Å²) in [6.07, 6.45) is 1.72. The molecule has 1 heterocycles. The lowest BCUT2D eigenvalue weighted by molar-refractivity contribution is -0.117. The van der Waals surface area contributed by atoms with E-state index in [1.807, 2.05) is 0 Å². The van der Waals surface area contributed by atoms with Gasteiger partial charge in [-0.05, 0) is 26.0 Å². The Morgan fingerprint density at radius 1 is 1.60 bits per heavy atom. The average Bonchev–Trinajstić information content (AvgIpc) is 2.05. The zero-order chi connectivity index (χ0) is 11.5. The van der Waals surface area contributed by atoms with Gasteiger partial charge in [0.2, 0.25) is 5.91 Å². The van der Waals surface area contributed by atoms with Crippen LogP contribution in [0, 0.1) is 0 Å². The first kappa shape index (κ1) is 11.9. The van der Waals surface area contributed by atoms with E-state index in [0.29, 0.717) is 10.8 Å². The highest BCUT2D eigenvalue weighted by molar-refractivity contribution is 6.30. The average molecular weight is 228 g/mol. The maximum atomic E-state index is 11.4. The van der Waals surface area contributed by atoms with Gasteiger partial charge in [0.05, 0.1) is 5.02 Å². The molecule has 4 nitrogen and oxygen atoms in total. The molecule has 0 saturated heterocycles. The Labute approximate surface area is 93.8 Å². The molecule has 0 aliphatic rings. The number of carbonyl (C=O) groups is 1. The number of hydrogen-bond donors (Lipinski definition) is 2. The molecule has 0 aromatic carbocycles. The molecule has 15 heavy (non-hydrogen) atoms. The molecule has 0 fully saturated rings. The molecular weight excluding hydrogens is 214 g/mol. The molecule has 0 aliphatic carbocycles. The Morgan fingerprint density at radius 3 is 2.73 bits per heavy atom. The standard InChI is InChI=1S/C10H14ClN3O/c1-10(2,12)5-9(15)14-8-4-3-7(11)6-13-8/h3-4,6H,5,12H2,1-2H3,(H,13,14,15). The van der Waals surface area contributed by atoms with Crippen molar-refractivity contribution in [3.8, 4) is 0 Å². The minimum Gasteiger partial charge on any atom is -0.325 e. The van der Waals surface area contributed by atoms with Gasteiger partial charge in [-0.1, -0.05) is 11.6 Å². The third-order valence-corrected chi connectivity index (χ3v) is 1.83. The van der Waals surface area contributed by atoms with Crippen LogP contribution in [-0.4, -0.2) is 16.4 Å². The highest BCUT2D eigenvalue weighted by Gasteiger charge is 2.16. The van der Waals surface area contributed by atoms with Crippen molar-refractivity contribution in [3.05, 3.63) is 23.4 Å². The smallest absolute Gasteiger partial charge is 0.227 e. The Hall–Kier alpha value is -1.13. The van der Waals surface area contributed by atoms with E-state index in [2.05, 4.69) is 10.3 Å². The number of amides is 1. The minimum absolute atomic E-state index is 0.155. The number of nitrogens with two attached hydrogens (primary N) is 1. The highest BCUT2D eigenvalue weighted by atomic mass is 35.5. The van der Waals surface area contributed by atoms with E-state index < -0.39 is 5.54 Å². The number of aromatic nitrogens is 1. The van der Waals surface area contributed by atoms with E-state index in [1.165, 1.54) is 6.20 Å². The van der Waals surface area contributed by atoms with Gasteiger partial charge in [-0.3, -0.25) is 4.79 Å². The predicted molar refractivity (Wildman–Crippen MR) is 60.8 cm³/mol. The van der Waals surface area contributed by atoms with Crippen molar-refractivity contribution in [1.82, 2.24) is 4.98 Å². The molecule has 1 aromatic rings. The van der Waals surface area contributed by atoms with Crippen LogP contribution in [-0.2, 0) is 4.79 Å². The Morgan fingerprint density at radius 2 is 2.27 bits per heavy atom. The number of anilines is 1. The molecule has 0 aliphatic heterocycles. The first-order chi connectivity index (χ1) is 6.87. The van der Waals surface area contributed by atoms with Crippen molar-refractivity contribution in [2.75, 3.05) is 5.32 Å². The van der Waals surface area contributed by atoms with E-state index in [1.54, 1.807) is 26.0 Å². The Bertz CT molecular complexity index is 343. The summed E-state index contributed by atoms with van der Waals surface area (Å²) in [5.41, 5.74) is 5.19. The lowest BCUT2D eigenvalue weighted by Crippen LogP contribution is -2.36. The number of nitrogens with zero attached hydrogens (tertiary/aromatic N) is 1. The van der Waals surface area contributed by atoms with Crippen molar-refractivity contribution in [2.45, 2.75) is 25.8 Å². The quantitative estimate of drug-likeness (QED) is 0.828. The van der Waals surface area contributed by atoms with Crippen molar-refractivity contribution >= 4 is 23.3 Å². The molecule has 1 rings (SSSR count). The largest absolute Gasteiger partial charge is 0.325 e. The van der Waals surface area contributed by atoms with E-state index in [4.69, 9.17) is 17.3 Å². The van der Waals surface area contributed by atoms with Gasteiger partial charge in [-0.2, -0.15) is 0 Å². The van der Waals surface area contributed by atoms with Crippen LogP contribution < -0.4 is 11.1 Å². The number of halogens is 1. The van der Waals surface area contributed by atoms with Crippen LogP contribution in [0.25, 0.3) is 0 Å².